The third kappa shape index (κ3) is 4.16. The minimum atomic E-state index is -0.126. The summed E-state index contributed by atoms with van der Waals surface area (Å²) < 4.78 is 0. The Morgan fingerprint density at radius 3 is 2.73 bits per heavy atom. The molecule has 2 N–H and O–H groups in total. The predicted octanol–water partition coefficient (Wildman–Crippen LogP) is 2.41. The Kier molecular flexibility index (Phi) is 5.31. The van der Waals surface area contributed by atoms with E-state index in [-0.39, 0.29) is 17.5 Å². The average molecular weight is 301 g/mol. The number of H-pyrrole nitrogens is 1. The van der Waals surface area contributed by atoms with E-state index >= 15 is 0 Å². The predicted molar refractivity (Wildman–Crippen MR) is 87.7 cm³/mol. The zero-order valence-corrected chi connectivity index (χ0v) is 13.3. The SMILES string of the molecule is CC(C)C(C)NC(=O)CCCc1nc2ccccc2c(=O)[nH]1. The van der Waals surface area contributed by atoms with Crippen molar-refractivity contribution in [3.63, 3.8) is 0 Å². The van der Waals surface area contributed by atoms with Crippen LogP contribution in [0.25, 0.3) is 10.9 Å². The van der Waals surface area contributed by atoms with E-state index in [9.17, 15) is 9.59 Å². The smallest absolute Gasteiger partial charge is 0.258 e. The monoisotopic (exact) mass is 301 g/mol. The highest BCUT2D eigenvalue weighted by Gasteiger charge is 2.11. The van der Waals surface area contributed by atoms with Crippen LogP contribution in [0.4, 0.5) is 0 Å². The fourth-order valence-corrected chi connectivity index (χ4v) is 2.16. The molecule has 22 heavy (non-hydrogen) atoms. The van der Waals surface area contributed by atoms with Crippen molar-refractivity contribution in [1.82, 2.24) is 15.3 Å². The van der Waals surface area contributed by atoms with Gasteiger partial charge < -0.3 is 10.3 Å². The number of rotatable bonds is 6. The first-order valence-corrected chi connectivity index (χ1v) is 7.74. The Morgan fingerprint density at radius 2 is 2.00 bits per heavy atom. The molecule has 2 aromatic rings. The van der Waals surface area contributed by atoms with Gasteiger partial charge in [-0.2, -0.15) is 0 Å². The summed E-state index contributed by atoms with van der Waals surface area (Å²) in [6.45, 7) is 6.16. The molecule has 0 bridgehead atoms. The molecular weight excluding hydrogens is 278 g/mol. The zero-order valence-electron chi connectivity index (χ0n) is 13.3. The van der Waals surface area contributed by atoms with E-state index in [1.54, 1.807) is 6.07 Å². The number of carbonyl (C=O) groups is 1. The van der Waals surface area contributed by atoms with Crippen molar-refractivity contribution >= 4 is 16.8 Å². The van der Waals surface area contributed by atoms with Gasteiger partial charge in [0.2, 0.25) is 5.91 Å². The molecule has 1 unspecified atom stereocenters. The van der Waals surface area contributed by atoms with E-state index in [4.69, 9.17) is 0 Å². The molecule has 0 fully saturated rings. The second-order valence-electron chi connectivity index (χ2n) is 5.98. The third-order valence-corrected chi connectivity index (χ3v) is 3.87. The highest BCUT2D eigenvalue weighted by molar-refractivity contribution is 5.77. The van der Waals surface area contributed by atoms with Gasteiger partial charge in [0.05, 0.1) is 10.9 Å². The topological polar surface area (TPSA) is 74.8 Å². The molecule has 5 nitrogen and oxygen atoms in total. The highest BCUT2D eigenvalue weighted by atomic mass is 16.1. The molecule has 1 heterocycles. The quantitative estimate of drug-likeness (QED) is 0.860. The number of aromatic amines is 1. The molecule has 0 radical (unpaired) electrons. The molecule has 1 atom stereocenters. The largest absolute Gasteiger partial charge is 0.353 e. The Morgan fingerprint density at radius 1 is 1.27 bits per heavy atom. The molecule has 0 aliphatic rings. The van der Waals surface area contributed by atoms with Gasteiger partial charge >= 0.3 is 0 Å². The van der Waals surface area contributed by atoms with Crippen LogP contribution in [0, 0.1) is 5.92 Å². The maximum Gasteiger partial charge on any atom is 0.258 e. The summed E-state index contributed by atoms with van der Waals surface area (Å²) >= 11 is 0. The fourth-order valence-electron chi connectivity index (χ4n) is 2.16. The van der Waals surface area contributed by atoms with E-state index in [1.807, 2.05) is 25.1 Å². The van der Waals surface area contributed by atoms with Crippen molar-refractivity contribution < 1.29 is 4.79 Å². The molecule has 0 saturated heterocycles. The van der Waals surface area contributed by atoms with Gasteiger partial charge in [0, 0.05) is 18.9 Å². The maximum absolute atomic E-state index is 11.9. The first-order chi connectivity index (χ1) is 10.5. The molecule has 1 amide bonds. The van der Waals surface area contributed by atoms with Crippen LogP contribution in [0.15, 0.2) is 29.1 Å². The van der Waals surface area contributed by atoms with E-state index in [1.165, 1.54) is 0 Å². The number of carbonyl (C=O) groups excluding carboxylic acids is 1. The third-order valence-electron chi connectivity index (χ3n) is 3.87. The summed E-state index contributed by atoms with van der Waals surface area (Å²) in [5.41, 5.74) is 0.567. The summed E-state index contributed by atoms with van der Waals surface area (Å²) in [5, 5.41) is 3.57. The highest BCUT2D eigenvalue weighted by Crippen LogP contribution is 2.07. The lowest BCUT2D eigenvalue weighted by Crippen LogP contribution is -2.35. The molecule has 118 valence electrons. The Labute approximate surface area is 130 Å². The van der Waals surface area contributed by atoms with E-state index in [0.29, 0.717) is 41.9 Å². The summed E-state index contributed by atoms with van der Waals surface area (Å²) in [4.78, 5) is 31.0. The number of aryl methyl sites for hydroxylation is 1. The van der Waals surface area contributed by atoms with Crippen LogP contribution in [-0.4, -0.2) is 21.9 Å². The molecule has 0 spiro atoms. The van der Waals surface area contributed by atoms with Crippen LogP contribution in [0.1, 0.15) is 39.4 Å². The zero-order chi connectivity index (χ0) is 16.1. The molecule has 1 aromatic heterocycles. The normalized spacial score (nSPS) is 12.5. The first kappa shape index (κ1) is 16.2. The number of fused-ring (bicyclic) bond motifs is 1. The van der Waals surface area contributed by atoms with Crippen molar-refractivity contribution in [2.45, 2.75) is 46.1 Å². The van der Waals surface area contributed by atoms with Gasteiger partial charge in [0.1, 0.15) is 5.82 Å². The van der Waals surface area contributed by atoms with Crippen LogP contribution < -0.4 is 10.9 Å². The minimum absolute atomic E-state index is 0.0457. The van der Waals surface area contributed by atoms with Crippen molar-refractivity contribution in [2.24, 2.45) is 5.92 Å². The number of nitrogens with zero attached hydrogens (tertiary/aromatic N) is 1. The molecule has 0 aliphatic carbocycles. The Hall–Kier alpha value is -2.17. The van der Waals surface area contributed by atoms with E-state index < -0.39 is 0 Å². The Bertz CT molecular complexity index is 706. The number of aromatic nitrogens is 2. The second-order valence-corrected chi connectivity index (χ2v) is 5.98. The summed E-state index contributed by atoms with van der Waals surface area (Å²) in [5.74, 6) is 1.10. The van der Waals surface area contributed by atoms with Gasteiger partial charge in [-0.25, -0.2) is 4.98 Å². The maximum atomic E-state index is 11.9. The lowest BCUT2D eigenvalue weighted by atomic mass is 10.1. The molecular formula is C17H23N3O2. The molecule has 0 saturated carbocycles. The van der Waals surface area contributed by atoms with Crippen LogP contribution >= 0.6 is 0 Å². The Balaban J connectivity index is 1.92. The van der Waals surface area contributed by atoms with Crippen LogP contribution in [-0.2, 0) is 11.2 Å². The van der Waals surface area contributed by atoms with Crippen molar-refractivity contribution in [2.75, 3.05) is 0 Å². The second kappa shape index (κ2) is 7.20. The van der Waals surface area contributed by atoms with Gasteiger partial charge in [0.25, 0.3) is 5.56 Å². The number of para-hydroxylation sites is 1. The van der Waals surface area contributed by atoms with Crippen LogP contribution in [0.2, 0.25) is 0 Å². The molecule has 1 aromatic carbocycles. The molecule has 0 aliphatic heterocycles. The lowest BCUT2D eigenvalue weighted by molar-refractivity contribution is -0.122. The summed E-state index contributed by atoms with van der Waals surface area (Å²) in [6.07, 6.45) is 1.69. The van der Waals surface area contributed by atoms with Crippen LogP contribution in [0.3, 0.4) is 0 Å². The van der Waals surface area contributed by atoms with Gasteiger partial charge in [-0.15, -0.1) is 0 Å². The van der Waals surface area contributed by atoms with E-state index in [0.717, 1.165) is 0 Å². The molecule has 5 heteroatoms. The summed E-state index contributed by atoms with van der Waals surface area (Å²) in [6, 6.07) is 7.43. The van der Waals surface area contributed by atoms with E-state index in [2.05, 4.69) is 29.1 Å². The standard InChI is InChI=1S/C17H23N3O2/c1-11(2)12(3)18-16(21)10-6-9-15-19-14-8-5-4-7-13(14)17(22)20-15/h4-5,7-8,11-12H,6,9-10H2,1-3H3,(H,18,21)(H,19,20,22). The molecule has 2 rings (SSSR count). The summed E-state index contributed by atoms with van der Waals surface area (Å²) in [7, 11) is 0. The minimum Gasteiger partial charge on any atom is -0.353 e. The first-order valence-electron chi connectivity index (χ1n) is 7.74. The van der Waals surface area contributed by atoms with Crippen molar-refractivity contribution in [1.29, 1.82) is 0 Å². The number of benzene rings is 1. The number of hydrogen-bond donors (Lipinski definition) is 2. The van der Waals surface area contributed by atoms with Crippen LogP contribution in [0.5, 0.6) is 0 Å². The van der Waals surface area contributed by atoms with Crippen molar-refractivity contribution in [3.8, 4) is 0 Å². The van der Waals surface area contributed by atoms with Gasteiger partial charge in [-0.05, 0) is 31.4 Å². The number of nitrogens with one attached hydrogen (secondary N) is 2. The number of amides is 1. The van der Waals surface area contributed by atoms with Gasteiger partial charge in [-0.1, -0.05) is 26.0 Å². The number of hydrogen-bond acceptors (Lipinski definition) is 3. The average Bonchev–Trinajstić information content (AvgIpc) is 2.47. The van der Waals surface area contributed by atoms with Gasteiger partial charge in [-0.3, -0.25) is 9.59 Å². The van der Waals surface area contributed by atoms with Crippen molar-refractivity contribution in [3.05, 3.63) is 40.4 Å². The van der Waals surface area contributed by atoms with Gasteiger partial charge in [0.15, 0.2) is 0 Å². The lowest BCUT2D eigenvalue weighted by Gasteiger charge is -2.17. The fraction of sp³-hybridized carbons (Fsp3) is 0.471.